The van der Waals surface area contributed by atoms with Crippen LogP contribution in [-0.2, 0) is 14.8 Å². The van der Waals surface area contributed by atoms with E-state index in [1.807, 2.05) is 0 Å². The summed E-state index contributed by atoms with van der Waals surface area (Å²) < 4.78 is 26.4. The molecule has 1 heterocycles. The summed E-state index contributed by atoms with van der Waals surface area (Å²) in [4.78, 5) is 25.0. The molecule has 0 saturated carbocycles. The number of sulfonamides is 1. The van der Waals surface area contributed by atoms with Gasteiger partial charge >= 0.3 is 5.97 Å². The maximum Gasteiger partial charge on any atom is 0.308 e. The highest BCUT2D eigenvalue weighted by molar-refractivity contribution is 7.89. The Hall–Kier alpha value is -2.37. The molecule has 1 fully saturated rings. The molecule has 0 radical (unpaired) electrons. The second-order valence-corrected chi connectivity index (χ2v) is 7.25. The molecular weight excluding hydrogens is 332 g/mol. The van der Waals surface area contributed by atoms with Crippen LogP contribution in [0.25, 0.3) is 0 Å². The van der Waals surface area contributed by atoms with Crippen LogP contribution in [0, 0.1) is 18.3 Å². The van der Waals surface area contributed by atoms with Gasteiger partial charge in [-0.05, 0) is 31.0 Å². The minimum Gasteiger partial charge on any atom is -0.481 e. The van der Waals surface area contributed by atoms with E-state index in [-0.39, 0.29) is 29.5 Å². The molecule has 0 aromatic heterocycles. The number of carboxylic acid groups (broad SMARTS) is 1. The van der Waals surface area contributed by atoms with Crippen LogP contribution in [0.2, 0.25) is 0 Å². The van der Waals surface area contributed by atoms with Crippen molar-refractivity contribution in [3.05, 3.63) is 29.8 Å². The van der Waals surface area contributed by atoms with E-state index in [2.05, 4.69) is 10.6 Å². The van der Waals surface area contributed by atoms with Crippen molar-refractivity contribution in [3.63, 3.8) is 0 Å². The molecule has 1 aliphatic rings. The van der Waals surface area contributed by atoms with Gasteiger partial charge in [0.1, 0.15) is 0 Å². The highest BCUT2D eigenvalue weighted by atomic mass is 32.2. The molecule has 1 amide bonds. The molecule has 7 nitrogen and oxygen atoms in total. The van der Waals surface area contributed by atoms with Crippen molar-refractivity contribution in [2.75, 3.05) is 19.6 Å². The number of terminal acetylenes is 1. The number of likely N-dealkylation sites (tertiary alicyclic amines) is 1. The Bertz CT molecular complexity index is 782. The molecule has 0 aliphatic carbocycles. The minimum absolute atomic E-state index is 0.0598. The van der Waals surface area contributed by atoms with E-state index in [9.17, 15) is 18.0 Å². The van der Waals surface area contributed by atoms with Crippen molar-refractivity contribution >= 4 is 21.9 Å². The van der Waals surface area contributed by atoms with Gasteiger partial charge in [0.25, 0.3) is 5.91 Å². The van der Waals surface area contributed by atoms with Crippen LogP contribution in [0.3, 0.4) is 0 Å². The van der Waals surface area contributed by atoms with Crippen molar-refractivity contribution in [2.45, 2.75) is 17.7 Å². The van der Waals surface area contributed by atoms with Gasteiger partial charge in [0.2, 0.25) is 10.0 Å². The normalized spacial score (nSPS) is 18.0. The number of rotatable bonds is 5. The average molecular weight is 350 g/mol. The van der Waals surface area contributed by atoms with Gasteiger partial charge in [0.05, 0.1) is 17.4 Å². The highest BCUT2D eigenvalue weighted by Crippen LogP contribution is 2.20. The lowest BCUT2D eigenvalue weighted by Crippen LogP contribution is -2.42. The van der Waals surface area contributed by atoms with Gasteiger partial charge in [0, 0.05) is 18.7 Å². The Morgan fingerprint density at radius 2 is 2.17 bits per heavy atom. The van der Waals surface area contributed by atoms with Gasteiger partial charge in [-0.3, -0.25) is 9.59 Å². The smallest absolute Gasteiger partial charge is 0.308 e. The van der Waals surface area contributed by atoms with Crippen molar-refractivity contribution in [2.24, 2.45) is 5.92 Å². The molecule has 128 valence electrons. The first kappa shape index (κ1) is 18.0. The molecule has 2 N–H and O–H groups in total. The van der Waals surface area contributed by atoms with Crippen LogP contribution in [0.1, 0.15) is 23.2 Å². The first-order chi connectivity index (χ1) is 11.3. The van der Waals surface area contributed by atoms with E-state index in [4.69, 9.17) is 11.5 Å². The number of carbonyl (C=O) groups excluding carboxylic acids is 1. The number of piperidine rings is 1. The van der Waals surface area contributed by atoms with Gasteiger partial charge < -0.3 is 10.0 Å². The van der Waals surface area contributed by atoms with Gasteiger partial charge in [-0.25, -0.2) is 8.42 Å². The highest BCUT2D eigenvalue weighted by Gasteiger charge is 2.29. The summed E-state index contributed by atoms with van der Waals surface area (Å²) in [6, 6.07) is 5.61. The maximum atomic E-state index is 12.5. The lowest BCUT2D eigenvalue weighted by atomic mass is 9.97. The quantitative estimate of drug-likeness (QED) is 0.754. The molecule has 1 aliphatic heterocycles. The number of carboxylic acids is 1. The molecule has 1 atom stereocenters. The van der Waals surface area contributed by atoms with Crippen molar-refractivity contribution < 1.29 is 23.1 Å². The number of carbonyl (C=O) groups is 2. The molecule has 1 unspecified atom stereocenters. The Balaban J connectivity index is 2.20. The van der Waals surface area contributed by atoms with E-state index in [1.54, 1.807) is 0 Å². The fourth-order valence-corrected chi connectivity index (χ4v) is 3.54. The van der Waals surface area contributed by atoms with E-state index >= 15 is 0 Å². The topological polar surface area (TPSA) is 104 Å². The zero-order valence-electron chi connectivity index (χ0n) is 12.9. The van der Waals surface area contributed by atoms with Gasteiger partial charge in [-0.1, -0.05) is 12.0 Å². The molecule has 0 spiro atoms. The summed E-state index contributed by atoms with van der Waals surface area (Å²) in [5.74, 6) is 0.278. The summed E-state index contributed by atoms with van der Waals surface area (Å²) in [5.41, 5.74) is 0.199. The third-order valence-corrected chi connectivity index (χ3v) is 5.21. The third kappa shape index (κ3) is 4.13. The average Bonchev–Trinajstić information content (AvgIpc) is 2.59. The number of amides is 1. The largest absolute Gasteiger partial charge is 0.481 e. The van der Waals surface area contributed by atoms with Crippen LogP contribution >= 0.6 is 0 Å². The second kappa shape index (κ2) is 7.47. The Morgan fingerprint density at radius 3 is 2.83 bits per heavy atom. The fourth-order valence-electron chi connectivity index (χ4n) is 2.56. The van der Waals surface area contributed by atoms with Gasteiger partial charge in [-0.15, -0.1) is 6.42 Å². The number of nitrogens with zero attached hydrogens (tertiary/aromatic N) is 1. The SMILES string of the molecule is C#CCNS(=O)(=O)c1cccc(C(=O)N2CCCC(C(=O)O)C2)c1. The minimum atomic E-state index is -3.79. The fraction of sp³-hybridized carbons (Fsp3) is 0.375. The molecule has 24 heavy (non-hydrogen) atoms. The lowest BCUT2D eigenvalue weighted by molar-refractivity contribution is -0.143. The molecule has 0 bridgehead atoms. The molecule has 1 saturated heterocycles. The standard InChI is InChI=1S/C16H18N2O5S/c1-2-8-17-24(22,23)14-7-3-5-12(10-14)15(19)18-9-4-6-13(11-18)16(20)21/h1,3,5,7,10,13,17H,4,6,8-9,11H2,(H,20,21). The molecule has 8 heteroatoms. The van der Waals surface area contributed by atoms with Crippen molar-refractivity contribution in [1.82, 2.24) is 9.62 Å². The predicted molar refractivity (Wildman–Crippen MR) is 86.7 cm³/mol. The van der Waals surface area contributed by atoms with Crippen LogP contribution in [0.5, 0.6) is 0 Å². The number of aliphatic carboxylic acids is 1. The number of hydrogen-bond acceptors (Lipinski definition) is 4. The summed E-state index contributed by atoms with van der Waals surface area (Å²) in [5, 5.41) is 9.10. The lowest BCUT2D eigenvalue weighted by Gasteiger charge is -2.30. The monoisotopic (exact) mass is 350 g/mol. The molecule has 2 rings (SSSR count). The van der Waals surface area contributed by atoms with E-state index in [0.717, 1.165) is 0 Å². The summed E-state index contributed by atoms with van der Waals surface area (Å²) in [6.45, 7) is 0.433. The van der Waals surface area contributed by atoms with Gasteiger partial charge in [-0.2, -0.15) is 4.72 Å². The van der Waals surface area contributed by atoms with Crippen LogP contribution < -0.4 is 4.72 Å². The number of benzene rings is 1. The van der Waals surface area contributed by atoms with Crippen molar-refractivity contribution in [1.29, 1.82) is 0 Å². The molecule has 1 aromatic carbocycles. The summed E-state index contributed by atoms with van der Waals surface area (Å²) in [7, 11) is -3.79. The Kier molecular flexibility index (Phi) is 5.59. The van der Waals surface area contributed by atoms with E-state index in [0.29, 0.717) is 19.4 Å². The van der Waals surface area contributed by atoms with Crippen LogP contribution in [-0.4, -0.2) is 49.9 Å². The van der Waals surface area contributed by atoms with Crippen LogP contribution in [0.4, 0.5) is 0 Å². The van der Waals surface area contributed by atoms with Gasteiger partial charge in [0.15, 0.2) is 0 Å². The zero-order chi connectivity index (χ0) is 17.7. The third-order valence-electron chi connectivity index (χ3n) is 3.81. The molecule has 1 aromatic rings. The first-order valence-corrected chi connectivity index (χ1v) is 8.88. The van der Waals surface area contributed by atoms with E-state index in [1.165, 1.54) is 29.2 Å². The van der Waals surface area contributed by atoms with Crippen molar-refractivity contribution in [3.8, 4) is 12.3 Å². The number of hydrogen-bond donors (Lipinski definition) is 2. The predicted octanol–water partition coefficient (Wildman–Crippen LogP) is 0.535. The van der Waals surface area contributed by atoms with Crippen LogP contribution in [0.15, 0.2) is 29.2 Å². The number of nitrogens with one attached hydrogen (secondary N) is 1. The molecular formula is C16H18N2O5S. The Labute approximate surface area is 140 Å². The first-order valence-electron chi connectivity index (χ1n) is 7.40. The zero-order valence-corrected chi connectivity index (χ0v) is 13.8. The Morgan fingerprint density at radius 1 is 1.42 bits per heavy atom. The van der Waals surface area contributed by atoms with E-state index < -0.39 is 21.9 Å². The summed E-state index contributed by atoms with van der Waals surface area (Å²) in [6.07, 6.45) is 6.17. The second-order valence-electron chi connectivity index (χ2n) is 5.49. The summed E-state index contributed by atoms with van der Waals surface area (Å²) >= 11 is 0. The maximum absolute atomic E-state index is 12.5.